The predicted octanol–water partition coefficient (Wildman–Crippen LogP) is 2.34. The summed E-state index contributed by atoms with van der Waals surface area (Å²) in [6.07, 6.45) is 5.19. The molecule has 22 heavy (non-hydrogen) atoms. The molecule has 118 valence electrons. The molecule has 3 aliphatic rings. The van der Waals surface area contributed by atoms with Gasteiger partial charge in [-0.3, -0.25) is 9.69 Å². The number of carbonyl (C=O) groups excluding carboxylic acids is 1. The number of phenols is 1. The molecule has 2 atom stereocenters. The molecule has 2 bridgehead atoms. The molecular formula is C18H24N2O2. The van der Waals surface area contributed by atoms with E-state index in [2.05, 4.69) is 4.90 Å². The monoisotopic (exact) mass is 300 g/mol. The van der Waals surface area contributed by atoms with Crippen LogP contribution < -0.4 is 0 Å². The highest BCUT2D eigenvalue weighted by atomic mass is 16.3. The first-order chi connectivity index (χ1) is 10.7. The lowest BCUT2D eigenvalue weighted by atomic mass is 9.90. The van der Waals surface area contributed by atoms with Crippen molar-refractivity contribution in [3.8, 4) is 5.75 Å². The molecule has 2 aliphatic heterocycles. The quantitative estimate of drug-likeness (QED) is 0.912. The SMILES string of the molecule is O=C(c1cccc(O)c1)N1CC2CCC(C1)C2N1CCCC1. The van der Waals surface area contributed by atoms with Crippen molar-refractivity contribution in [3.63, 3.8) is 0 Å². The van der Waals surface area contributed by atoms with Crippen LogP contribution in [0, 0.1) is 11.8 Å². The molecule has 4 nitrogen and oxygen atoms in total. The number of hydrogen-bond donors (Lipinski definition) is 1. The number of benzene rings is 1. The summed E-state index contributed by atoms with van der Waals surface area (Å²) in [5, 5.41) is 9.58. The fraction of sp³-hybridized carbons (Fsp3) is 0.611. The second kappa shape index (κ2) is 5.58. The number of nitrogens with zero attached hydrogens (tertiary/aromatic N) is 2. The summed E-state index contributed by atoms with van der Waals surface area (Å²) in [5.41, 5.74) is 0.610. The summed E-state index contributed by atoms with van der Waals surface area (Å²) < 4.78 is 0. The van der Waals surface area contributed by atoms with Crippen molar-refractivity contribution >= 4 is 5.91 Å². The minimum absolute atomic E-state index is 0.0765. The van der Waals surface area contributed by atoms with E-state index in [1.807, 2.05) is 4.90 Å². The number of fused-ring (bicyclic) bond motifs is 2. The highest BCUT2D eigenvalue weighted by molar-refractivity contribution is 5.94. The highest BCUT2D eigenvalue weighted by Crippen LogP contribution is 2.41. The van der Waals surface area contributed by atoms with Gasteiger partial charge < -0.3 is 10.0 Å². The van der Waals surface area contributed by atoms with Crippen molar-refractivity contribution in [2.24, 2.45) is 11.8 Å². The summed E-state index contributed by atoms with van der Waals surface area (Å²) in [4.78, 5) is 17.4. The standard InChI is InChI=1S/C18H24N2O2/c21-16-5-3-4-13(10-16)18(22)20-11-14-6-7-15(12-20)17(14)19-8-1-2-9-19/h3-5,10,14-15,17,21H,1-2,6-9,11-12H2. The van der Waals surface area contributed by atoms with E-state index >= 15 is 0 Å². The fourth-order valence-electron chi connectivity index (χ4n) is 4.82. The molecule has 4 heteroatoms. The predicted molar refractivity (Wildman–Crippen MR) is 84.8 cm³/mol. The van der Waals surface area contributed by atoms with Crippen molar-refractivity contribution in [1.82, 2.24) is 9.80 Å². The molecular weight excluding hydrogens is 276 g/mol. The van der Waals surface area contributed by atoms with Crippen molar-refractivity contribution < 1.29 is 9.90 Å². The summed E-state index contributed by atoms with van der Waals surface area (Å²) in [6.45, 7) is 4.26. The van der Waals surface area contributed by atoms with Crippen molar-refractivity contribution in [3.05, 3.63) is 29.8 Å². The average molecular weight is 300 g/mol. The Kier molecular flexibility index (Phi) is 3.57. The van der Waals surface area contributed by atoms with Crippen LogP contribution >= 0.6 is 0 Å². The van der Waals surface area contributed by atoms with E-state index in [0.29, 0.717) is 23.4 Å². The van der Waals surface area contributed by atoms with Crippen LogP contribution in [-0.4, -0.2) is 53.0 Å². The fourth-order valence-corrected chi connectivity index (χ4v) is 4.82. The number of aromatic hydroxyl groups is 1. The van der Waals surface area contributed by atoms with E-state index in [1.54, 1.807) is 24.3 Å². The van der Waals surface area contributed by atoms with Crippen molar-refractivity contribution in [2.45, 2.75) is 31.7 Å². The Morgan fingerprint density at radius 3 is 2.41 bits per heavy atom. The molecule has 2 saturated heterocycles. The van der Waals surface area contributed by atoms with Gasteiger partial charge in [0.1, 0.15) is 5.75 Å². The third-order valence-electron chi connectivity index (χ3n) is 5.73. The van der Waals surface area contributed by atoms with Gasteiger partial charge in [-0.2, -0.15) is 0 Å². The molecule has 1 saturated carbocycles. The molecule has 2 unspecified atom stereocenters. The molecule has 0 radical (unpaired) electrons. The summed E-state index contributed by atoms with van der Waals surface area (Å²) in [6, 6.07) is 7.44. The van der Waals surface area contributed by atoms with Gasteiger partial charge in [0.2, 0.25) is 0 Å². The van der Waals surface area contributed by atoms with Gasteiger partial charge in [-0.05, 0) is 68.8 Å². The van der Waals surface area contributed by atoms with Gasteiger partial charge in [0, 0.05) is 24.7 Å². The minimum atomic E-state index is 0.0765. The first-order valence-corrected chi connectivity index (χ1v) is 8.55. The number of rotatable bonds is 2. The van der Waals surface area contributed by atoms with Crippen LogP contribution in [0.15, 0.2) is 24.3 Å². The van der Waals surface area contributed by atoms with Crippen LogP contribution in [0.5, 0.6) is 5.75 Å². The van der Waals surface area contributed by atoms with Gasteiger partial charge >= 0.3 is 0 Å². The minimum Gasteiger partial charge on any atom is -0.508 e. The number of phenolic OH excluding ortho intramolecular Hbond substituents is 1. The van der Waals surface area contributed by atoms with E-state index < -0.39 is 0 Å². The largest absolute Gasteiger partial charge is 0.508 e. The Morgan fingerprint density at radius 1 is 1.09 bits per heavy atom. The third-order valence-corrected chi connectivity index (χ3v) is 5.73. The molecule has 0 aromatic heterocycles. The Bertz CT molecular complexity index is 554. The molecule has 0 spiro atoms. The number of carbonyl (C=O) groups is 1. The molecule has 1 aliphatic carbocycles. The van der Waals surface area contributed by atoms with Crippen molar-refractivity contribution in [2.75, 3.05) is 26.2 Å². The smallest absolute Gasteiger partial charge is 0.254 e. The molecule has 1 N–H and O–H groups in total. The number of hydrogen-bond acceptors (Lipinski definition) is 3. The van der Waals surface area contributed by atoms with Crippen LogP contribution in [0.1, 0.15) is 36.0 Å². The summed E-state index contributed by atoms with van der Waals surface area (Å²) in [5.74, 6) is 1.52. The molecule has 2 heterocycles. The van der Waals surface area contributed by atoms with Gasteiger partial charge in [0.15, 0.2) is 0 Å². The summed E-state index contributed by atoms with van der Waals surface area (Å²) >= 11 is 0. The normalized spacial score (nSPS) is 31.6. The first kappa shape index (κ1) is 14.1. The maximum absolute atomic E-state index is 12.7. The maximum Gasteiger partial charge on any atom is 0.254 e. The highest BCUT2D eigenvalue weighted by Gasteiger charge is 2.46. The topological polar surface area (TPSA) is 43.8 Å². The van der Waals surface area contributed by atoms with Gasteiger partial charge in [0.05, 0.1) is 0 Å². The first-order valence-electron chi connectivity index (χ1n) is 8.55. The number of piperidine rings is 1. The Morgan fingerprint density at radius 2 is 1.77 bits per heavy atom. The lowest BCUT2D eigenvalue weighted by Crippen LogP contribution is -2.53. The molecule has 1 aromatic carbocycles. The molecule has 4 rings (SSSR count). The van der Waals surface area contributed by atoms with E-state index in [9.17, 15) is 9.90 Å². The van der Waals surface area contributed by atoms with Gasteiger partial charge in [-0.1, -0.05) is 6.07 Å². The van der Waals surface area contributed by atoms with E-state index in [0.717, 1.165) is 13.1 Å². The van der Waals surface area contributed by atoms with Gasteiger partial charge in [-0.25, -0.2) is 0 Å². The van der Waals surface area contributed by atoms with E-state index in [1.165, 1.54) is 38.8 Å². The van der Waals surface area contributed by atoms with Crippen molar-refractivity contribution in [1.29, 1.82) is 0 Å². The average Bonchev–Trinajstić information content (AvgIpc) is 3.12. The zero-order valence-electron chi connectivity index (χ0n) is 12.9. The Balaban J connectivity index is 1.49. The number of amides is 1. The van der Waals surface area contributed by atoms with Gasteiger partial charge in [-0.15, -0.1) is 0 Å². The summed E-state index contributed by atoms with van der Waals surface area (Å²) in [7, 11) is 0. The lowest BCUT2D eigenvalue weighted by Gasteiger charge is -2.42. The van der Waals surface area contributed by atoms with Crippen LogP contribution in [-0.2, 0) is 0 Å². The van der Waals surface area contributed by atoms with Crippen LogP contribution in [0.25, 0.3) is 0 Å². The Hall–Kier alpha value is -1.55. The molecule has 3 fully saturated rings. The third kappa shape index (κ3) is 2.39. The van der Waals surface area contributed by atoms with Crippen LogP contribution in [0.4, 0.5) is 0 Å². The maximum atomic E-state index is 12.7. The van der Waals surface area contributed by atoms with Crippen LogP contribution in [0.3, 0.4) is 0 Å². The second-order valence-electron chi connectivity index (χ2n) is 7.09. The zero-order valence-corrected chi connectivity index (χ0v) is 12.9. The second-order valence-corrected chi connectivity index (χ2v) is 7.09. The van der Waals surface area contributed by atoms with Crippen LogP contribution in [0.2, 0.25) is 0 Å². The zero-order chi connectivity index (χ0) is 15.1. The van der Waals surface area contributed by atoms with Gasteiger partial charge in [0.25, 0.3) is 5.91 Å². The van der Waals surface area contributed by atoms with E-state index in [-0.39, 0.29) is 11.7 Å². The van der Waals surface area contributed by atoms with E-state index in [4.69, 9.17) is 0 Å². The Labute approximate surface area is 131 Å². The molecule has 1 amide bonds. The lowest BCUT2D eigenvalue weighted by molar-refractivity contribution is 0.0431. The molecule has 1 aromatic rings. The number of likely N-dealkylation sites (tertiary alicyclic amines) is 2.